The van der Waals surface area contributed by atoms with Crippen molar-refractivity contribution in [1.82, 2.24) is 15.0 Å². The molecule has 0 aliphatic rings. The Labute approximate surface area is 75.0 Å². The molecule has 0 aliphatic carbocycles. The lowest BCUT2D eigenvalue weighted by Gasteiger charge is -2.06. The van der Waals surface area contributed by atoms with Crippen molar-refractivity contribution in [1.29, 1.82) is 0 Å². The number of benzene rings is 1. The van der Waals surface area contributed by atoms with Crippen molar-refractivity contribution >= 4 is 11.4 Å². The van der Waals surface area contributed by atoms with Crippen LogP contribution in [0.4, 0.5) is 11.4 Å². The number of aromatic nitrogens is 3. The molecule has 5 heteroatoms. The van der Waals surface area contributed by atoms with E-state index in [1.165, 1.54) is 0 Å². The van der Waals surface area contributed by atoms with Gasteiger partial charge in [-0.1, -0.05) is 11.3 Å². The van der Waals surface area contributed by atoms with Crippen LogP contribution < -0.4 is 11.5 Å². The summed E-state index contributed by atoms with van der Waals surface area (Å²) >= 11 is 0. The molecular weight excluding hydrogens is 166 g/mol. The first kappa shape index (κ1) is 7.60. The molecule has 0 radical (unpaired) electrons. The van der Waals surface area contributed by atoms with Gasteiger partial charge < -0.3 is 11.5 Å². The second-order valence-electron chi connectivity index (χ2n) is 2.63. The van der Waals surface area contributed by atoms with Gasteiger partial charge in [0.15, 0.2) is 0 Å². The van der Waals surface area contributed by atoms with Crippen LogP contribution in [0.5, 0.6) is 0 Å². The second-order valence-corrected chi connectivity index (χ2v) is 2.63. The van der Waals surface area contributed by atoms with Gasteiger partial charge in [0.1, 0.15) is 0 Å². The Balaban J connectivity index is 2.59. The summed E-state index contributed by atoms with van der Waals surface area (Å²) in [7, 11) is 0. The number of nitrogens with two attached hydrogens (primary N) is 2. The van der Waals surface area contributed by atoms with Crippen LogP contribution in [0.25, 0.3) is 5.69 Å². The van der Waals surface area contributed by atoms with Crippen LogP contribution in [0.2, 0.25) is 0 Å². The third-order valence-corrected chi connectivity index (χ3v) is 1.79. The highest BCUT2D eigenvalue weighted by Gasteiger charge is 2.03. The summed E-state index contributed by atoms with van der Waals surface area (Å²) in [4.78, 5) is 0. The fraction of sp³-hybridized carbons (Fsp3) is 0. The Kier molecular flexibility index (Phi) is 1.63. The second kappa shape index (κ2) is 2.78. The predicted molar refractivity (Wildman–Crippen MR) is 50.2 cm³/mol. The minimum Gasteiger partial charge on any atom is -0.397 e. The first-order chi connectivity index (χ1) is 6.29. The lowest BCUT2D eigenvalue weighted by Crippen LogP contribution is -2.03. The first-order valence-electron chi connectivity index (χ1n) is 3.79. The first-order valence-corrected chi connectivity index (χ1v) is 3.79. The van der Waals surface area contributed by atoms with E-state index in [1.807, 2.05) is 12.1 Å². The lowest BCUT2D eigenvalue weighted by atomic mass is 10.2. The van der Waals surface area contributed by atoms with E-state index in [2.05, 4.69) is 10.3 Å². The van der Waals surface area contributed by atoms with Gasteiger partial charge in [-0.3, -0.25) is 0 Å². The SMILES string of the molecule is Nc1cccc(-n2ccnn2)c1N. The van der Waals surface area contributed by atoms with Crippen LogP contribution in [0.1, 0.15) is 0 Å². The van der Waals surface area contributed by atoms with E-state index >= 15 is 0 Å². The van der Waals surface area contributed by atoms with Crippen LogP contribution in [0.3, 0.4) is 0 Å². The number of nitrogen functional groups attached to an aromatic ring is 2. The average Bonchev–Trinajstić information content (AvgIpc) is 2.62. The normalized spacial score (nSPS) is 10.2. The van der Waals surface area contributed by atoms with Crippen molar-refractivity contribution in [3.63, 3.8) is 0 Å². The minimum absolute atomic E-state index is 0.521. The van der Waals surface area contributed by atoms with Gasteiger partial charge in [-0.25, -0.2) is 4.68 Å². The molecule has 0 saturated heterocycles. The molecule has 2 aromatic rings. The van der Waals surface area contributed by atoms with Gasteiger partial charge in [-0.05, 0) is 12.1 Å². The predicted octanol–water partition coefficient (Wildman–Crippen LogP) is 0.432. The van der Waals surface area contributed by atoms with Crippen LogP contribution >= 0.6 is 0 Å². The van der Waals surface area contributed by atoms with Crippen molar-refractivity contribution in [2.45, 2.75) is 0 Å². The molecule has 0 unspecified atom stereocenters. The van der Waals surface area contributed by atoms with Gasteiger partial charge in [0, 0.05) is 0 Å². The molecule has 0 fully saturated rings. The monoisotopic (exact) mass is 175 g/mol. The largest absolute Gasteiger partial charge is 0.397 e. The number of para-hydroxylation sites is 1. The molecule has 2 rings (SSSR count). The van der Waals surface area contributed by atoms with E-state index in [9.17, 15) is 0 Å². The topological polar surface area (TPSA) is 82.8 Å². The number of hydrogen-bond acceptors (Lipinski definition) is 4. The Morgan fingerprint density at radius 3 is 2.77 bits per heavy atom. The summed E-state index contributed by atoms with van der Waals surface area (Å²) in [5.41, 5.74) is 13.2. The summed E-state index contributed by atoms with van der Waals surface area (Å²) in [6, 6.07) is 5.40. The van der Waals surface area contributed by atoms with Crippen molar-refractivity contribution < 1.29 is 0 Å². The Morgan fingerprint density at radius 2 is 2.08 bits per heavy atom. The molecule has 5 nitrogen and oxygen atoms in total. The molecule has 0 aliphatic heterocycles. The zero-order valence-corrected chi connectivity index (χ0v) is 6.88. The molecule has 1 aromatic carbocycles. The van der Waals surface area contributed by atoms with Gasteiger partial charge in [-0.2, -0.15) is 0 Å². The fourth-order valence-electron chi connectivity index (χ4n) is 1.11. The Bertz CT molecular complexity index is 406. The number of hydrogen-bond donors (Lipinski definition) is 2. The van der Waals surface area contributed by atoms with Gasteiger partial charge >= 0.3 is 0 Å². The summed E-state index contributed by atoms with van der Waals surface area (Å²) in [6.07, 6.45) is 3.30. The maximum absolute atomic E-state index is 5.76. The van der Waals surface area contributed by atoms with Crippen molar-refractivity contribution in [3.05, 3.63) is 30.6 Å². The average molecular weight is 175 g/mol. The highest BCUT2D eigenvalue weighted by Crippen LogP contribution is 2.21. The van der Waals surface area contributed by atoms with Crippen molar-refractivity contribution in [2.75, 3.05) is 11.5 Å². The van der Waals surface area contributed by atoms with Crippen molar-refractivity contribution in [2.24, 2.45) is 0 Å². The number of rotatable bonds is 1. The molecule has 13 heavy (non-hydrogen) atoms. The standard InChI is InChI=1S/C8H9N5/c9-6-2-1-3-7(8(6)10)13-5-4-11-12-13/h1-5H,9-10H2. The summed E-state index contributed by atoms with van der Waals surface area (Å²) in [5.74, 6) is 0. The quantitative estimate of drug-likeness (QED) is 0.616. The molecular formula is C8H9N5. The van der Waals surface area contributed by atoms with Crippen LogP contribution in [-0.2, 0) is 0 Å². The minimum atomic E-state index is 0.521. The van der Waals surface area contributed by atoms with Gasteiger partial charge in [0.05, 0.1) is 29.5 Å². The molecule has 66 valence electrons. The molecule has 0 bridgehead atoms. The number of nitrogens with zero attached hydrogens (tertiary/aromatic N) is 3. The lowest BCUT2D eigenvalue weighted by molar-refractivity contribution is 0.805. The molecule has 1 heterocycles. The van der Waals surface area contributed by atoms with E-state index in [-0.39, 0.29) is 0 Å². The van der Waals surface area contributed by atoms with E-state index in [0.717, 1.165) is 5.69 Å². The summed E-state index contributed by atoms with van der Waals surface area (Å²) in [5, 5.41) is 7.51. The maximum atomic E-state index is 5.76. The van der Waals surface area contributed by atoms with Gasteiger partial charge in [0.25, 0.3) is 0 Å². The highest BCUT2D eigenvalue weighted by molar-refractivity contribution is 5.73. The summed E-state index contributed by atoms with van der Waals surface area (Å²) in [6.45, 7) is 0. The molecule has 4 N–H and O–H groups in total. The molecule has 0 amide bonds. The van der Waals surface area contributed by atoms with Crippen molar-refractivity contribution in [3.8, 4) is 5.69 Å². The molecule has 0 saturated carbocycles. The zero-order chi connectivity index (χ0) is 9.26. The van der Waals surface area contributed by atoms with E-state index in [1.54, 1.807) is 23.1 Å². The van der Waals surface area contributed by atoms with Gasteiger partial charge in [0.2, 0.25) is 0 Å². The molecule has 0 atom stereocenters. The maximum Gasteiger partial charge on any atom is 0.0913 e. The van der Waals surface area contributed by atoms with Gasteiger partial charge in [-0.15, -0.1) is 5.10 Å². The smallest absolute Gasteiger partial charge is 0.0913 e. The third kappa shape index (κ3) is 1.20. The van der Waals surface area contributed by atoms with Crippen LogP contribution in [0, 0.1) is 0 Å². The molecule has 1 aromatic heterocycles. The van der Waals surface area contributed by atoms with E-state index in [4.69, 9.17) is 11.5 Å². The zero-order valence-electron chi connectivity index (χ0n) is 6.88. The number of anilines is 2. The van der Waals surface area contributed by atoms with Crippen LogP contribution in [0.15, 0.2) is 30.6 Å². The highest BCUT2D eigenvalue weighted by atomic mass is 15.4. The van der Waals surface area contributed by atoms with E-state index in [0.29, 0.717) is 11.4 Å². The Hall–Kier alpha value is -2.04. The third-order valence-electron chi connectivity index (χ3n) is 1.79. The fourth-order valence-corrected chi connectivity index (χ4v) is 1.11. The Morgan fingerprint density at radius 1 is 1.23 bits per heavy atom. The summed E-state index contributed by atoms with van der Waals surface area (Å²) < 4.78 is 1.58. The van der Waals surface area contributed by atoms with Crippen LogP contribution in [-0.4, -0.2) is 15.0 Å². The van der Waals surface area contributed by atoms with E-state index < -0.39 is 0 Å². The molecule has 0 spiro atoms.